The van der Waals surface area contributed by atoms with Crippen molar-refractivity contribution in [1.29, 1.82) is 0 Å². The van der Waals surface area contributed by atoms with Crippen LogP contribution in [0.1, 0.15) is 42.1 Å². The number of benzene rings is 2. The zero-order valence-corrected chi connectivity index (χ0v) is 13.7. The Morgan fingerprint density at radius 1 is 1.17 bits per heavy atom. The topological polar surface area (TPSA) is 80.7 Å². The van der Waals surface area contributed by atoms with Gasteiger partial charge in [0.2, 0.25) is 0 Å². The molecule has 1 atom stereocenters. The molecule has 0 fully saturated rings. The first kappa shape index (κ1) is 17.2. The van der Waals surface area contributed by atoms with Crippen molar-refractivity contribution in [3.63, 3.8) is 0 Å². The van der Waals surface area contributed by atoms with E-state index in [0.29, 0.717) is 11.7 Å². The molecule has 23 heavy (non-hydrogen) atoms. The average Bonchev–Trinajstić information content (AvgIpc) is 2.53. The molecule has 2 aromatic carbocycles. The van der Waals surface area contributed by atoms with Gasteiger partial charge in [-0.15, -0.1) is 0 Å². The minimum atomic E-state index is -4.50. The van der Waals surface area contributed by atoms with E-state index in [4.69, 9.17) is 4.74 Å². The third-order valence-corrected chi connectivity index (χ3v) is 4.55. The number of carbonyl (C=O) groups is 1. The number of rotatable bonds is 5. The van der Waals surface area contributed by atoms with Gasteiger partial charge in [0.25, 0.3) is 10.1 Å². The van der Waals surface area contributed by atoms with Gasteiger partial charge in [-0.3, -0.25) is 4.55 Å². The molecule has 1 N–H and O–H groups in total. The zero-order valence-electron chi connectivity index (χ0n) is 12.9. The highest BCUT2D eigenvalue weighted by atomic mass is 32.2. The first-order chi connectivity index (χ1) is 10.8. The number of esters is 1. The normalized spacial score (nSPS) is 12.7. The maximum absolute atomic E-state index is 12.2. The molecule has 0 aliphatic heterocycles. The SMILES string of the molecule is CCC(C)c1cccc(OC(=O)c2ccccc2S(=O)(=O)O)c1. The molecule has 0 amide bonds. The third-order valence-electron chi connectivity index (χ3n) is 3.63. The van der Waals surface area contributed by atoms with Gasteiger partial charge in [-0.2, -0.15) is 8.42 Å². The van der Waals surface area contributed by atoms with E-state index in [9.17, 15) is 17.8 Å². The van der Waals surface area contributed by atoms with E-state index >= 15 is 0 Å². The molecule has 0 aliphatic carbocycles. The molecule has 0 heterocycles. The van der Waals surface area contributed by atoms with Crippen LogP contribution in [0.3, 0.4) is 0 Å². The summed E-state index contributed by atoms with van der Waals surface area (Å²) < 4.78 is 37.1. The molecule has 6 heteroatoms. The third kappa shape index (κ3) is 4.18. The molecule has 0 saturated heterocycles. The highest BCUT2D eigenvalue weighted by Crippen LogP contribution is 2.24. The molecule has 0 bridgehead atoms. The fourth-order valence-corrected chi connectivity index (χ4v) is 2.82. The van der Waals surface area contributed by atoms with Crippen LogP contribution in [0.5, 0.6) is 5.75 Å². The summed E-state index contributed by atoms with van der Waals surface area (Å²) in [5, 5.41) is 0. The molecule has 0 spiro atoms. The van der Waals surface area contributed by atoms with Gasteiger partial charge in [-0.05, 0) is 42.2 Å². The van der Waals surface area contributed by atoms with E-state index in [-0.39, 0.29) is 5.56 Å². The summed E-state index contributed by atoms with van der Waals surface area (Å²) in [5.74, 6) is -0.184. The summed E-state index contributed by atoms with van der Waals surface area (Å²) in [7, 11) is -4.50. The quantitative estimate of drug-likeness (QED) is 0.513. The predicted octanol–water partition coefficient (Wildman–Crippen LogP) is 3.67. The Labute approximate surface area is 135 Å². The van der Waals surface area contributed by atoms with Gasteiger partial charge in [-0.1, -0.05) is 38.1 Å². The lowest BCUT2D eigenvalue weighted by atomic mass is 9.99. The lowest BCUT2D eigenvalue weighted by Gasteiger charge is -2.11. The number of ether oxygens (including phenoxy) is 1. The first-order valence-electron chi connectivity index (χ1n) is 7.21. The Balaban J connectivity index is 2.31. The van der Waals surface area contributed by atoms with Crippen LogP contribution >= 0.6 is 0 Å². The van der Waals surface area contributed by atoms with Crippen molar-refractivity contribution in [3.8, 4) is 5.75 Å². The largest absolute Gasteiger partial charge is 0.423 e. The second-order valence-corrected chi connectivity index (χ2v) is 6.63. The minimum Gasteiger partial charge on any atom is -0.423 e. The van der Waals surface area contributed by atoms with Gasteiger partial charge in [0, 0.05) is 0 Å². The number of hydrogen-bond acceptors (Lipinski definition) is 4. The van der Waals surface area contributed by atoms with Crippen LogP contribution in [0.15, 0.2) is 53.4 Å². The zero-order chi connectivity index (χ0) is 17.0. The van der Waals surface area contributed by atoms with Gasteiger partial charge in [0.05, 0.1) is 5.56 Å². The maximum atomic E-state index is 12.2. The fraction of sp³-hybridized carbons (Fsp3) is 0.235. The van der Waals surface area contributed by atoms with E-state index in [1.165, 1.54) is 18.2 Å². The van der Waals surface area contributed by atoms with Crippen molar-refractivity contribution in [3.05, 3.63) is 59.7 Å². The monoisotopic (exact) mass is 334 g/mol. The fourth-order valence-electron chi connectivity index (χ4n) is 2.14. The van der Waals surface area contributed by atoms with Crippen molar-refractivity contribution in [2.75, 3.05) is 0 Å². The summed E-state index contributed by atoms with van der Waals surface area (Å²) >= 11 is 0. The standard InChI is InChI=1S/C17H18O5S/c1-3-12(2)13-7-6-8-14(11-13)22-17(18)15-9-4-5-10-16(15)23(19,20)21/h4-12H,3H2,1-2H3,(H,19,20,21). The van der Waals surface area contributed by atoms with Gasteiger partial charge >= 0.3 is 5.97 Å². The Kier molecular flexibility index (Phi) is 5.18. The van der Waals surface area contributed by atoms with Gasteiger partial charge < -0.3 is 4.74 Å². The van der Waals surface area contributed by atoms with Crippen molar-refractivity contribution in [2.24, 2.45) is 0 Å². The van der Waals surface area contributed by atoms with Gasteiger partial charge in [0.15, 0.2) is 0 Å². The second-order valence-electron chi connectivity index (χ2n) is 5.24. The molecular formula is C17H18O5S. The lowest BCUT2D eigenvalue weighted by molar-refractivity contribution is 0.0730. The lowest BCUT2D eigenvalue weighted by Crippen LogP contribution is -2.14. The van der Waals surface area contributed by atoms with Crippen LogP contribution in [0.4, 0.5) is 0 Å². The molecule has 0 saturated carbocycles. The summed E-state index contributed by atoms with van der Waals surface area (Å²) in [6, 6.07) is 12.5. The van der Waals surface area contributed by atoms with E-state index in [0.717, 1.165) is 18.1 Å². The van der Waals surface area contributed by atoms with Crippen LogP contribution in [0, 0.1) is 0 Å². The predicted molar refractivity (Wildman–Crippen MR) is 86.4 cm³/mol. The van der Waals surface area contributed by atoms with Crippen LogP contribution in [0.25, 0.3) is 0 Å². The molecule has 1 unspecified atom stereocenters. The van der Waals surface area contributed by atoms with Crippen LogP contribution in [-0.2, 0) is 10.1 Å². The number of carbonyl (C=O) groups excluding carboxylic acids is 1. The van der Waals surface area contributed by atoms with Crippen molar-refractivity contribution < 1.29 is 22.5 Å². The maximum Gasteiger partial charge on any atom is 0.344 e. The Hall–Kier alpha value is -2.18. The van der Waals surface area contributed by atoms with Crippen molar-refractivity contribution in [2.45, 2.75) is 31.1 Å². The number of hydrogen-bond donors (Lipinski definition) is 1. The van der Waals surface area contributed by atoms with E-state index in [1.54, 1.807) is 18.2 Å². The van der Waals surface area contributed by atoms with Crippen LogP contribution in [0.2, 0.25) is 0 Å². The second kappa shape index (κ2) is 6.93. The minimum absolute atomic E-state index is 0.205. The first-order valence-corrected chi connectivity index (χ1v) is 8.65. The summed E-state index contributed by atoms with van der Waals surface area (Å²) in [6.07, 6.45) is 0.947. The van der Waals surface area contributed by atoms with Crippen LogP contribution < -0.4 is 4.74 Å². The van der Waals surface area contributed by atoms with Crippen molar-refractivity contribution in [1.82, 2.24) is 0 Å². The van der Waals surface area contributed by atoms with E-state index in [1.807, 2.05) is 6.07 Å². The van der Waals surface area contributed by atoms with Crippen molar-refractivity contribution >= 4 is 16.1 Å². The molecular weight excluding hydrogens is 316 g/mol. The molecule has 0 aliphatic rings. The van der Waals surface area contributed by atoms with Gasteiger partial charge in [-0.25, -0.2) is 4.79 Å². The van der Waals surface area contributed by atoms with E-state index < -0.39 is 21.0 Å². The highest BCUT2D eigenvalue weighted by molar-refractivity contribution is 7.86. The van der Waals surface area contributed by atoms with E-state index in [2.05, 4.69) is 13.8 Å². The Bertz CT molecular complexity index is 811. The average molecular weight is 334 g/mol. The molecule has 5 nitrogen and oxygen atoms in total. The highest BCUT2D eigenvalue weighted by Gasteiger charge is 2.21. The van der Waals surface area contributed by atoms with Gasteiger partial charge in [0.1, 0.15) is 10.6 Å². The molecule has 0 radical (unpaired) electrons. The van der Waals surface area contributed by atoms with Crippen LogP contribution in [-0.4, -0.2) is 18.9 Å². The summed E-state index contributed by atoms with van der Waals surface area (Å²) in [5.41, 5.74) is 0.824. The smallest absolute Gasteiger partial charge is 0.344 e. The summed E-state index contributed by atoms with van der Waals surface area (Å²) in [4.78, 5) is 11.8. The molecule has 122 valence electrons. The Morgan fingerprint density at radius 2 is 1.87 bits per heavy atom. The molecule has 0 aromatic heterocycles. The summed E-state index contributed by atoms with van der Waals surface area (Å²) in [6.45, 7) is 4.13. The Morgan fingerprint density at radius 3 is 2.52 bits per heavy atom. The molecule has 2 rings (SSSR count). The molecule has 2 aromatic rings.